The molecule has 0 bridgehead atoms. The monoisotopic (exact) mass is 352 g/mol. The van der Waals surface area contributed by atoms with Crippen molar-refractivity contribution in [1.29, 1.82) is 0 Å². The van der Waals surface area contributed by atoms with Crippen LogP contribution in [0.1, 0.15) is 12.5 Å². The van der Waals surface area contributed by atoms with Crippen LogP contribution in [0.25, 0.3) is 28.2 Å². The summed E-state index contributed by atoms with van der Waals surface area (Å²) in [4.78, 5) is 12.9. The Kier molecular flexibility index (Phi) is 3.52. The van der Waals surface area contributed by atoms with Crippen LogP contribution in [0.5, 0.6) is 17.2 Å². The van der Waals surface area contributed by atoms with Gasteiger partial charge in [0.1, 0.15) is 40.1 Å². The van der Waals surface area contributed by atoms with E-state index in [1.54, 1.807) is 31.2 Å². The third kappa shape index (κ3) is 2.43. The zero-order valence-electron chi connectivity index (χ0n) is 13.9. The number of aliphatic hydroxyl groups is 1. The molecule has 26 heavy (non-hydrogen) atoms. The Morgan fingerprint density at radius 3 is 2.58 bits per heavy atom. The quantitative estimate of drug-likeness (QED) is 0.655. The lowest BCUT2D eigenvalue weighted by Gasteiger charge is -2.30. The maximum absolute atomic E-state index is 12.9. The van der Waals surface area contributed by atoms with Gasteiger partial charge in [-0.25, -0.2) is 0 Å². The Morgan fingerprint density at radius 2 is 1.88 bits per heavy atom. The average Bonchev–Trinajstić information content (AvgIpc) is 2.63. The highest BCUT2D eigenvalue weighted by Crippen LogP contribution is 2.41. The molecule has 2 aromatic carbocycles. The van der Waals surface area contributed by atoms with Gasteiger partial charge in [-0.05, 0) is 36.8 Å². The first-order valence-electron chi connectivity index (χ1n) is 8.02. The molecule has 0 spiro atoms. The summed E-state index contributed by atoms with van der Waals surface area (Å²) in [6.07, 6.45) is 4.57. The molecule has 0 saturated carbocycles. The number of rotatable bonds is 2. The van der Waals surface area contributed by atoms with E-state index in [4.69, 9.17) is 9.15 Å². The van der Waals surface area contributed by atoms with Gasteiger partial charge in [0.15, 0.2) is 0 Å². The van der Waals surface area contributed by atoms with Crippen LogP contribution in [0.2, 0.25) is 0 Å². The molecule has 6 nitrogen and oxygen atoms in total. The fourth-order valence-electron chi connectivity index (χ4n) is 2.98. The number of ether oxygens (including phenoxy) is 1. The molecule has 0 aliphatic carbocycles. The Balaban J connectivity index is 1.94. The van der Waals surface area contributed by atoms with E-state index in [2.05, 4.69) is 0 Å². The van der Waals surface area contributed by atoms with Crippen LogP contribution in [0, 0.1) is 0 Å². The van der Waals surface area contributed by atoms with Gasteiger partial charge in [-0.1, -0.05) is 12.1 Å². The van der Waals surface area contributed by atoms with Crippen molar-refractivity contribution < 1.29 is 24.5 Å². The third-order valence-electron chi connectivity index (χ3n) is 4.48. The molecule has 1 aliphatic rings. The van der Waals surface area contributed by atoms with Gasteiger partial charge >= 0.3 is 0 Å². The van der Waals surface area contributed by atoms with Crippen molar-refractivity contribution in [2.24, 2.45) is 0 Å². The van der Waals surface area contributed by atoms with Crippen molar-refractivity contribution in [3.05, 3.63) is 58.5 Å². The normalized spacial score (nSPS) is 18.5. The maximum Gasteiger partial charge on any atom is 0.204 e. The lowest BCUT2D eigenvalue weighted by molar-refractivity contribution is 0.0639. The number of aromatic hydroxyl groups is 2. The van der Waals surface area contributed by atoms with E-state index in [0.29, 0.717) is 16.9 Å². The molecule has 132 valence electrons. The zero-order chi connectivity index (χ0) is 18.5. The van der Waals surface area contributed by atoms with Crippen molar-refractivity contribution >= 4 is 17.0 Å². The highest BCUT2D eigenvalue weighted by atomic mass is 16.5. The molecular formula is C20H16O6. The van der Waals surface area contributed by atoms with Gasteiger partial charge in [-0.3, -0.25) is 4.79 Å². The minimum absolute atomic E-state index is 0.0511. The van der Waals surface area contributed by atoms with Crippen LogP contribution < -0.4 is 10.2 Å². The van der Waals surface area contributed by atoms with Crippen LogP contribution >= 0.6 is 0 Å². The van der Waals surface area contributed by atoms with Crippen LogP contribution in [0.3, 0.4) is 0 Å². The van der Waals surface area contributed by atoms with Crippen LogP contribution in [-0.4, -0.2) is 27.5 Å². The second-order valence-corrected chi connectivity index (χ2v) is 6.44. The van der Waals surface area contributed by atoms with Gasteiger partial charge in [0.05, 0.1) is 17.7 Å². The number of phenolic OH excluding ortho intramolecular Hbond substituents is 2. The fraction of sp³-hybridized carbons (Fsp3) is 0.150. The lowest BCUT2D eigenvalue weighted by Crippen LogP contribution is -2.35. The van der Waals surface area contributed by atoms with Gasteiger partial charge in [0.2, 0.25) is 5.43 Å². The Morgan fingerprint density at radius 1 is 1.15 bits per heavy atom. The van der Waals surface area contributed by atoms with E-state index in [1.165, 1.54) is 24.5 Å². The summed E-state index contributed by atoms with van der Waals surface area (Å²) in [7, 11) is 0. The number of phenols is 2. The fourth-order valence-corrected chi connectivity index (χ4v) is 2.98. The highest BCUT2D eigenvalue weighted by molar-refractivity contribution is 5.93. The molecule has 1 aliphatic heterocycles. The molecule has 0 unspecified atom stereocenters. The van der Waals surface area contributed by atoms with Crippen molar-refractivity contribution in [3.8, 4) is 28.4 Å². The molecule has 3 aromatic rings. The van der Waals surface area contributed by atoms with Gasteiger partial charge < -0.3 is 24.5 Å². The summed E-state index contributed by atoms with van der Waals surface area (Å²) >= 11 is 0. The summed E-state index contributed by atoms with van der Waals surface area (Å²) in [6.45, 7) is 1.48. The number of fused-ring (bicyclic) bond motifs is 2. The Hall–Kier alpha value is -3.25. The highest BCUT2D eigenvalue weighted by Gasteiger charge is 2.29. The van der Waals surface area contributed by atoms with Crippen molar-refractivity contribution in [3.63, 3.8) is 0 Å². The number of aliphatic hydroxyl groups excluding tert-OH is 1. The van der Waals surface area contributed by atoms with E-state index in [0.717, 1.165) is 0 Å². The topological polar surface area (TPSA) is 100 Å². The molecule has 1 atom stereocenters. The number of benzene rings is 2. The molecule has 6 heteroatoms. The summed E-state index contributed by atoms with van der Waals surface area (Å²) in [5.74, 6) is 0.183. The smallest absolute Gasteiger partial charge is 0.204 e. The first-order chi connectivity index (χ1) is 12.4. The first-order valence-corrected chi connectivity index (χ1v) is 8.02. The van der Waals surface area contributed by atoms with E-state index < -0.39 is 5.60 Å². The van der Waals surface area contributed by atoms with Crippen LogP contribution in [-0.2, 0) is 0 Å². The van der Waals surface area contributed by atoms with Crippen molar-refractivity contribution in [1.82, 2.24) is 0 Å². The minimum atomic E-state index is -0.903. The second-order valence-electron chi connectivity index (χ2n) is 6.44. The average molecular weight is 352 g/mol. The molecule has 0 fully saturated rings. The van der Waals surface area contributed by atoms with Gasteiger partial charge in [-0.2, -0.15) is 0 Å². The standard InChI is InChI=1S/C20H16O6/c1-20(10-21)7-6-13-15(26-20)8-16-17(18(13)23)19(24)14(9-25-16)11-2-4-12(22)5-3-11/h2-9,21-23H,10H2,1H3/t20-/m0/s1. The molecular weight excluding hydrogens is 336 g/mol. The first kappa shape index (κ1) is 16.2. The summed E-state index contributed by atoms with van der Waals surface area (Å²) < 4.78 is 11.3. The van der Waals surface area contributed by atoms with Crippen molar-refractivity contribution in [2.45, 2.75) is 12.5 Å². The largest absolute Gasteiger partial charge is 0.508 e. The lowest BCUT2D eigenvalue weighted by atomic mass is 9.98. The molecule has 3 N–H and O–H groups in total. The SMILES string of the molecule is C[C@@]1(CO)C=Cc2c(cc3occ(-c4ccc(O)cc4)c(=O)c3c2O)O1. The minimum Gasteiger partial charge on any atom is -0.508 e. The summed E-state index contributed by atoms with van der Waals surface area (Å²) in [5, 5.41) is 29.5. The molecule has 0 saturated heterocycles. The van der Waals surface area contributed by atoms with Gasteiger partial charge in [-0.15, -0.1) is 0 Å². The Labute approximate surface area is 148 Å². The van der Waals surface area contributed by atoms with Crippen LogP contribution in [0.4, 0.5) is 0 Å². The molecule has 2 heterocycles. The van der Waals surface area contributed by atoms with Gasteiger partial charge in [0, 0.05) is 6.07 Å². The summed E-state index contributed by atoms with van der Waals surface area (Å²) in [6, 6.07) is 7.66. The predicted octanol–water partition coefficient (Wildman–Crippen LogP) is 3.03. The van der Waals surface area contributed by atoms with Gasteiger partial charge in [0.25, 0.3) is 0 Å². The second kappa shape index (κ2) is 5.64. The zero-order valence-corrected chi connectivity index (χ0v) is 13.9. The number of hydrogen-bond donors (Lipinski definition) is 3. The molecule has 0 amide bonds. The van der Waals surface area contributed by atoms with E-state index in [9.17, 15) is 20.1 Å². The molecule has 1 aromatic heterocycles. The van der Waals surface area contributed by atoms with E-state index >= 15 is 0 Å². The maximum atomic E-state index is 12.9. The van der Waals surface area contributed by atoms with Crippen LogP contribution in [0.15, 0.2) is 51.9 Å². The van der Waals surface area contributed by atoms with E-state index in [1.807, 2.05) is 0 Å². The molecule has 4 rings (SSSR count). The summed E-state index contributed by atoms with van der Waals surface area (Å²) in [5.41, 5.74) is 0.0901. The molecule has 0 radical (unpaired) electrons. The Bertz CT molecular complexity index is 1090. The third-order valence-corrected chi connectivity index (χ3v) is 4.48. The van der Waals surface area contributed by atoms with Crippen molar-refractivity contribution in [2.75, 3.05) is 6.61 Å². The van der Waals surface area contributed by atoms with E-state index in [-0.39, 0.29) is 40.1 Å². The number of hydrogen-bond acceptors (Lipinski definition) is 6. The predicted molar refractivity (Wildman–Crippen MR) is 96.4 cm³/mol.